The number of aliphatic hydroxyl groups is 1. The number of benzene rings is 1. The number of aryl methyl sites for hydroxylation is 1. The number of ether oxygens (including phenoxy) is 2. The smallest absolute Gasteiger partial charge is 0.407 e. The molecule has 11 heteroatoms. The molecule has 0 saturated carbocycles. The highest BCUT2D eigenvalue weighted by Crippen LogP contribution is 2.33. The number of methoxy groups -OCH3 is 1. The Morgan fingerprint density at radius 3 is 2.67 bits per heavy atom. The number of alkyl carbamates (subject to hydrolysis) is 1. The minimum Gasteiger partial charge on any atom is -0.494 e. The van der Waals surface area contributed by atoms with Crippen LogP contribution in [-0.4, -0.2) is 73.4 Å². The van der Waals surface area contributed by atoms with E-state index in [1.165, 1.54) is 0 Å². The van der Waals surface area contributed by atoms with Crippen molar-refractivity contribution in [3.63, 3.8) is 0 Å². The Kier molecular flexibility index (Phi) is 7.17. The first-order chi connectivity index (χ1) is 18.9. The molecule has 5 rings (SSSR count). The van der Waals surface area contributed by atoms with E-state index in [2.05, 4.69) is 15.3 Å². The number of fused-ring (bicyclic) bond motifs is 2. The first-order valence-corrected chi connectivity index (χ1v) is 13.4. The molecular formula is C29H36N6O5. The number of amides is 2. The number of H-pyrrole nitrogens is 1. The van der Waals surface area contributed by atoms with E-state index < -0.39 is 17.8 Å². The summed E-state index contributed by atoms with van der Waals surface area (Å²) in [7, 11) is 3.47. The molecule has 2 atom stereocenters. The van der Waals surface area contributed by atoms with Crippen molar-refractivity contribution >= 4 is 34.1 Å². The van der Waals surface area contributed by atoms with Gasteiger partial charge in [0, 0.05) is 37.1 Å². The fourth-order valence-electron chi connectivity index (χ4n) is 5.14. The second-order valence-electron chi connectivity index (χ2n) is 11.3. The molecule has 0 radical (unpaired) electrons. The Morgan fingerprint density at radius 2 is 1.98 bits per heavy atom. The maximum Gasteiger partial charge on any atom is 0.407 e. The van der Waals surface area contributed by atoms with Gasteiger partial charge in [0.05, 0.1) is 30.1 Å². The molecule has 40 heavy (non-hydrogen) atoms. The van der Waals surface area contributed by atoms with E-state index in [-0.39, 0.29) is 11.9 Å². The van der Waals surface area contributed by atoms with Crippen LogP contribution in [0, 0.1) is 0 Å². The minimum absolute atomic E-state index is 0.149. The van der Waals surface area contributed by atoms with Crippen LogP contribution in [0.1, 0.15) is 62.7 Å². The van der Waals surface area contributed by atoms with Gasteiger partial charge >= 0.3 is 6.09 Å². The summed E-state index contributed by atoms with van der Waals surface area (Å²) >= 11 is 0. The summed E-state index contributed by atoms with van der Waals surface area (Å²) < 4.78 is 13.0. The first-order valence-electron chi connectivity index (χ1n) is 13.4. The van der Waals surface area contributed by atoms with Gasteiger partial charge < -0.3 is 34.3 Å². The molecule has 3 aromatic heterocycles. The monoisotopic (exact) mass is 548 g/mol. The maximum atomic E-state index is 13.6. The first kappa shape index (κ1) is 27.4. The van der Waals surface area contributed by atoms with Crippen LogP contribution >= 0.6 is 0 Å². The van der Waals surface area contributed by atoms with Crippen molar-refractivity contribution in [1.82, 2.24) is 29.7 Å². The van der Waals surface area contributed by atoms with Crippen molar-refractivity contribution in [3.05, 3.63) is 41.6 Å². The number of carbonyl (C=O) groups is 2. The summed E-state index contributed by atoms with van der Waals surface area (Å²) in [5.41, 5.74) is 3.24. The molecule has 4 aromatic rings. The van der Waals surface area contributed by atoms with Gasteiger partial charge in [-0.1, -0.05) is 0 Å². The number of hydrogen-bond donors (Lipinski definition) is 3. The van der Waals surface area contributed by atoms with Crippen LogP contribution in [0.4, 0.5) is 4.79 Å². The highest BCUT2D eigenvalue weighted by molar-refractivity contribution is 6.00. The Bertz CT molecular complexity index is 1580. The van der Waals surface area contributed by atoms with Crippen molar-refractivity contribution in [1.29, 1.82) is 0 Å². The normalized spacial score (nSPS) is 16.8. The lowest BCUT2D eigenvalue weighted by molar-refractivity contribution is 0.0452. The van der Waals surface area contributed by atoms with Gasteiger partial charge in [0.1, 0.15) is 22.5 Å². The van der Waals surface area contributed by atoms with Crippen LogP contribution in [-0.2, 0) is 11.8 Å². The van der Waals surface area contributed by atoms with Gasteiger partial charge in [-0.2, -0.15) is 0 Å². The maximum absolute atomic E-state index is 13.6. The van der Waals surface area contributed by atoms with Gasteiger partial charge in [-0.15, -0.1) is 0 Å². The number of pyridine rings is 1. The molecule has 1 saturated heterocycles. The van der Waals surface area contributed by atoms with Gasteiger partial charge in [0.2, 0.25) is 0 Å². The summed E-state index contributed by atoms with van der Waals surface area (Å²) in [4.78, 5) is 40.3. The molecule has 0 spiro atoms. The van der Waals surface area contributed by atoms with Crippen LogP contribution in [0.15, 0.2) is 30.3 Å². The van der Waals surface area contributed by atoms with Gasteiger partial charge in [-0.25, -0.2) is 14.8 Å². The van der Waals surface area contributed by atoms with Crippen LogP contribution < -0.4 is 10.1 Å². The molecule has 11 nitrogen and oxygen atoms in total. The molecule has 1 fully saturated rings. The fraction of sp³-hybridized carbons (Fsp3) is 0.448. The standard InChI is InChI=1S/C29H36N6O5/c1-16(36)20-10-9-17-12-22(32-25(17)31-20)26-33-21-13-18(14-23(39-6)24(21)34(26)5)27(37)35-11-7-8-19(15-35)30-28(38)40-29(2,3)4/h9-10,12-14,16,19,36H,7-8,11,15H2,1-6H3,(H,30,38)(H,31,32)/t16?,19-/m1/s1. The predicted octanol–water partition coefficient (Wildman–Crippen LogP) is 4.31. The number of aliphatic hydroxyl groups excluding tert-OH is 1. The third-order valence-corrected chi connectivity index (χ3v) is 7.00. The lowest BCUT2D eigenvalue weighted by atomic mass is 10.0. The lowest BCUT2D eigenvalue weighted by Crippen LogP contribution is -2.50. The molecule has 1 aliphatic heterocycles. The van der Waals surface area contributed by atoms with Crippen molar-refractivity contribution in [2.45, 2.75) is 58.3 Å². The number of rotatable bonds is 5. The summed E-state index contributed by atoms with van der Waals surface area (Å²) in [6.07, 6.45) is 0.387. The number of piperidine rings is 1. The Balaban J connectivity index is 1.43. The highest BCUT2D eigenvalue weighted by Gasteiger charge is 2.28. The molecule has 2 amide bonds. The van der Waals surface area contributed by atoms with Crippen molar-refractivity contribution in [2.75, 3.05) is 20.2 Å². The number of nitrogens with one attached hydrogen (secondary N) is 2. The number of aromatic nitrogens is 4. The van der Waals surface area contributed by atoms with E-state index in [9.17, 15) is 14.7 Å². The molecule has 0 aliphatic carbocycles. The zero-order valence-electron chi connectivity index (χ0n) is 23.7. The van der Waals surface area contributed by atoms with E-state index in [4.69, 9.17) is 14.5 Å². The number of aromatic amines is 1. The molecule has 3 N–H and O–H groups in total. The SMILES string of the molecule is COc1cc(C(=O)N2CCC[C@@H](NC(=O)OC(C)(C)C)C2)cc2nc(-c3cc4ccc(C(C)O)nc4[nH]3)n(C)c12. The third-order valence-electron chi connectivity index (χ3n) is 7.00. The Hall–Kier alpha value is -4.12. The van der Waals surface area contributed by atoms with Crippen LogP contribution in [0.25, 0.3) is 33.6 Å². The van der Waals surface area contributed by atoms with E-state index in [0.717, 1.165) is 29.4 Å². The quantitative estimate of drug-likeness (QED) is 0.338. The zero-order valence-corrected chi connectivity index (χ0v) is 23.7. The zero-order chi connectivity index (χ0) is 28.8. The molecule has 4 heterocycles. The van der Waals surface area contributed by atoms with E-state index >= 15 is 0 Å². The van der Waals surface area contributed by atoms with Crippen LogP contribution in [0.3, 0.4) is 0 Å². The number of hydrogen-bond acceptors (Lipinski definition) is 7. The molecule has 1 unspecified atom stereocenters. The van der Waals surface area contributed by atoms with Crippen molar-refractivity contribution < 1.29 is 24.2 Å². The van der Waals surface area contributed by atoms with Crippen LogP contribution in [0.2, 0.25) is 0 Å². The lowest BCUT2D eigenvalue weighted by Gasteiger charge is -2.33. The van der Waals surface area contributed by atoms with E-state index in [0.29, 0.717) is 47.1 Å². The number of likely N-dealkylation sites (tertiary alicyclic amines) is 1. The third kappa shape index (κ3) is 5.46. The topological polar surface area (TPSA) is 135 Å². The molecule has 0 bridgehead atoms. The fourth-order valence-corrected chi connectivity index (χ4v) is 5.14. The second kappa shape index (κ2) is 10.5. The second-order valence-corrected chi connectivity index (χ2v) is 11.3. The Labute approximate surface area is 232 Å². The summed E-state index contributed by atoms with van der Waals surface area (Å²) in [5.74, 6) is 1.05. The number of imidazole rings is 1. The van der Waals surface area contributed by atoms with Crippen molar-refractivity contribution in [2.24, 2.45) is 7.05 Å². The number of carbonyl (C=O) groups excluding carboxylic acids is 2. The average molecular weight is 549 g/mol. The van der Waals surface area contributed by atoms with E-state index in [1.807, 2.05) is 44.5 Å². The summed E-state index contributed by atoms with van der Waals surface area (Å²) in [6.45, 7) is 8.11. The summed E-state index contributed by atoms with van der Waals surface area (Å²) in [6, 6.07) is 9.00. The van der Waals surface area contributed by atoms with Gasteiger partial charge in [0.25, 0.3) is 5.91 Å². The van der Waals surface area contributed by atoms with Gasteiger partial charge in [-0.05, 0) is 70.9 Å². The number of nitrogens with zero attached hydrogens (tertiary/aromatic N) is 4. The molecular weight excluding hydrogens is 512 g/mol. The van der Waals surface area contributed by atoms with E-state index in [1.54, 1.807) is 37.1 Å². The molecule has 1 aliphatic rings. The summed E-state index contributed by atoms with van der Waals surface area (Å²) in [5, 5.41) is 13.7. The molecule has 1 aromatic carbocycles. The van der Waals surface area contributed by atoms with Crippen molar-refractivity contribution in [3.8, 4) is 17.3 Å². The molecule has 212 valence electrons. The van der Waals surface area contributed by atoms with Gasteiger partial charge in [0.15, 0.2) is 5.82 Å². The van der Waals surface area contributed by atoms with Gasteiger partial charge in [-0.3, -0.25) is 4.79 Å². The highest BCUT2D eigenvalue weighted by atomic mass is 16.6. The van der Waals surface area contributed by atoms with Crippen LogP contribution in [0.5, 0.6) is 5.75 Å². The predicted molar refractivity (Wildman–Crippen MR) is 151 cm³/mol. The average Bonchev–Trinajstić information content (AvgIpc) is 3.46. The minimum atomic E-state index is -0.671. The largest absolute Gasteiger partial charge is 0.494 e. The Morgan fingerprint density at radius 1 is 1.20 bits per heavy atom.